The smallest absolute Gasteiger partial charge is 0.223 e. The van der Waals surface area contributed by atoms with E-state index in [1.165, 1.54) is 0 Å². The predicted octanol–water partition coefficient (Wildman–Crippen LogP) is 4.50. The molecule has 108 valence electrons. The summed E-state index contributed by atoms with van der Waals surface area (Å²) in [6, 6.07) is 7.11. The summed E-state index contributed by atoms with van der Waals surface area (Å²) in [6.07, 6.45) is 2.06. The molecule has 3 rings (SSSR count). The van der Waals surface area contributed by atoms with Crippen LogP contribution in [-0.4, -0.2) is 16.5 Å². The predicted molar refractivity (Wildman–Crippen MR) is 81.0 cm³/mol. The van der Waals surface area contributed by atoms with E-state index in [1.807, 2.05) is 19.1 Å². The van der Waals surface area contributed by atoms with Crippen LogP contribution in [0.1, 0.15) is 13.3 Å². The molecule has 0 aliphatic heterocycles. The standard InChI is InChI=1S/C15H13ClFN3O/c1-2-6-18-15-19-8-11(17)13(20-15)12-7-9-4-3-5-10(16)14(9)21-12/h3-5,7-8H,2,6H2,1H3,(H,18,19,20). The first kappa shape index (κ1) is 13.8. The third-order valence-electron chi connectivity index (χ3n) is 3.01. The van der Waals surface area contributed by atoms with Crippen LogP contribution >= 0.6 is 11.6 Å². The van der Waals surface area contributed by atoms with Crippen LogP contribution in [0.15, 0.2) is 34.9 Å². The molecule has 0 atom stereocenters. The average Bonchev–Trinajstić information content (AvgIpc) is 2.92. The molecule has 0 aliphatic carbocycles. The lowest BCUT2D eigenvalue weighted by Gasteiger charge is -2.04. The summed E-state index contributed by atoms with van der Waals surface area (Å²) in [5.41, 5.74) is 0.645. The van der Waals surface area contributed by atoms with Gasteiger partial charge >= 0.3 is 0 Å². The van der Waals surface area contributed by atoms with Crippen LogP contribution in [0.3, 0.4) is 0 Å². The molecule has 0 spiro atoms. The Hall–Kier alpha value is -2.14. The number of benzene rings is 1. The Balaban J connectivity index is 2.06. The molecule has 0 bridgehead atoms. The van der Waals surface area contributed by atoms with Gasteiger partial charge in [0.25, 0.3) is 0 Å². The van der Waals surface area contributed by atoms with E-state index in [1.54, 1.807) is 12.1 Å². The van der Waals surface area contributed by atoms with Crippen molar-refractivity contribution in [2.24, 2.45) is 0 Å². The molecule has 0 fully saturated rings. The largest absolute Gasteiger partial charge is 0.453 e. The molecule has 0 unspecified atom stereocenters. The van der Waals surface area contributed by atoms with Crippen LogP contribution in [0.2, 0.25) is 5.02 Å². The van der Waals surface area contributed by atoms with Gasteiger partial charge in [0.2, 0.25) is 5.95 Å². The van der Waals surface area contributed by atoms with Gasteiger partial charge in [-0.25, -0.2) is 14.4 Å². The SMILES string of the molecule is CCCNc1ncc(F)c(-c2cc3cccc(Cl)c3o2)n1. The van der Waals surface area contributed by atoms with Crippen LogP contribution in [0, 0.1) is 5.82 Å². The summed E-state index contributed by atoms with van der Waals surface area (Å²) in [4.78, 5) is 8.08. The maximum atomic E-state index is 14.0. The molecule has 21 heavy (non-hydrogen) atoms. The maximum Gasteiger partial charge on any atom is 0.223 e. The van der Waals surface area contributed by atoms with Gasteiger partial charge in [0, 0.05) is 11.9 Å². The van der Waals surface area contributed by atoms with Gasteiger partial charge in [-0.05, 0) is 18.6 Å². The van der Waals surface area contributed by atoms with Crippen molar-refractivity contribution in [3.63, 3.8) is 0 Å². The molecular weight excluding hydrogens is 293 g/mol. The molecule has 2 aromatic heterocycles. The Kier molecular flexibility index (Phi) is 3.75. The van der Waals surface area contributed by atoms with E-state index in [0.717, 1.165) is 24.5 Å². The van der Waals surface area contributed by atoms with Crippen molar-refractivity contribution in [3.05, 3.63) is 41.3 Å². The Labute approximate surface area is 126 Å². The number of nitrogens with zero attached hydrogens (tertiary/aromatic N) is 2. The Bertz CT molecular complexity index is 788. The monoisotopic (exact) mass is 305 g/mol. The quantitative estimate of drug-likeness (QED) is 0.771. The minimum Gasteiger partial charge on any atom is -0.453 e. The van der Waals surface area contributed by atoms with Gasteiger partial charge in [-0.3, -0.25) is 0 Å². The zero-order chi connectivity index (χ0) is 14.8. The number of para-hydroxylation sites is 1. The molecule has 4 nitrogen and oxygen atoms in total. The molecule has 1 N–H and O–H groups in total. The zero-order valence-electron chi connectivity index (χ0n) is 11.4. The van der Waals surface area contributed by atoms with Gasteiger partial charge < -0.3 is 9.73 Å². The second-order valence-electron chi connectivity index (χ2n) is 4.59. The minimum absolute atomic E-state index is 0.121. The molecule has 0 radical (unpaired) electrons. The van der Waals surface area contributed by atoms with E-state index in [-0.39, 0.29) is 5.69 Å². The first-order valence-electron chi connectivity index (χ1n) is 6.64. The van der Waals surface area contributed by atoms with Crippen LogP contribution in [0.5, 0.6) is 0 Å². The molecule has 0 aliphatic rings. The van der Waals surface area contributed by atoms with E-state index in [2.05, 4.69) is 15.3 Å². The molecule has 0 amide bonds. The lowest BCUT2D eigenvalue weighted by molar-refractivity contribution is 0.590. The van der Waals surface area contributed by atoms with Gasteiger partial charge in [0.1, 0.15) is 5.69 Å². The highest BCUT2D eigenvalue weighted by atomic mass is 35.5. The normalized spacial score (nSPS) is 11.0. The van der Waals surface area contributed by atoms with Crippen molar-refractivity contribution in [1.82, 2.24) is 9.97 Å². The first-order valence-corrected chi connectivity index (χ1v) is 7.01. The van der Waals surface area contributed by atoms with E-state index in [4.69, 9.17) is 16.0 Å². The Morgan fingerprint density at radius 1 is 1.38 bits per heavy atom. The van der Waals surface area contributed by atoms with Crippen LogP contribution in [-0.2, 0) is 0 Å². The fraction of sp³-hybridized carbons (Fsp3) is 0.200. The summed E-state index contributed by atoms with van der Waals surface area (Å²) in [5, 5.41) is 4.31. The van der Waals surface area contributed by atoms with Crippen molar-refractivity contribution in [2.75, 3.05) is 11.9 Å². The van der Waals surface area contributed by atoms with Crippen molar-refractivity contribution in [3.8, 4) is 11.5 Å². The fourth-order valence-electron chi connectivity index (χ4n) is 2.01. The third-order valence-corrected chi connectivity index (χ3v) is 3.30. The number of nitrogens with one attached hydrogen (secondary N) is 1. The number of halogens is 2. The van der Waals surface area contributed by atoms with E-state index < -0.39 is 5.82 Å². The van der Waals surface area contributed by atoms with E-state index >= 15 is 0 Å². The highest BCUT2D eigenvalue weighted by molar-refractivity contribution is 6.34. The number of hydrogen-bond acceptors (Lipinski definition) is 4. The zero-order valence-corrected chi connectivity index (χ0v) is 12.1. The topological polar surface area (TPSA) is 51.0 Å². The molecule has 0 saturated heterocycles. The van der Waals surface area contributed by atoms with Crippen molar-refractivity contribution in [1.29, 1.82) is 0 Å². The molecule has 6 heteroatoms. The van der Waals surface area contributed by atoms with Crippen LogP contribution in [0.25, 0.3) is 22.4 Å². The van der Waals surface area contributed by atoms with Crippen molar-refractivity contribution >= 4 is 28.5 Å². The molecule has 3 aromatic rings. The van der Waals surface area contributed by atoms with Crippen LogP contribution < -0.4 is 5.32 Å². The molecule has 2 heterocycles. The Morgan fingerprint density at radius 2 is 2.24 bits per heavy atom. The van der Waals surface area contributed by atoms with Gasteiger partial charge in [0.05, 0.1) is 11.2 Å². The maximum absolute atomic E-state index is 14.0. The number of furan rings is 1. The van der Waals surface area contributed by atoms with Gasteiger partial charge in [-0.2, -0.15) is 0 Å². The molecular formula is C15H13ClFN3O. The van der Waals surface area contributed by atoms with Gasteiger partial charge in [-0.1, -0.05) is 30.7 Å². The third kappa shape index (κ3) is 2.69. The van der Waals surface area contributed by atoms with E-state index in [9.17, 15) is 4.39 Å². The second-order valence-corrected chi connectivity index (χ2v) is 4.99. The number of hydrogen-bond donors (Lipinski definition) is 1. The average molecular weight is 306 g/mol. The molecule has 1 aromatic carbocycles. The van der Waals surface area contributed by atoms with Gasteiger partial charge in [-0.15, -0.1) is 0 Å². The fourth-order valence-corrected chi connectivity index (χ4v) is 2.23. The first-order chi connectivity index (χ1) is 10.2. The summed E-state index contributed by atoms with van der Waals surface area (Å²) >= 11 is 6.06. The van der Waals surface area contributed by atoms with Crippen molar-refractivity contribution in [2.45, 2.75) is 13.3 Å². The highest BCUT2D eigenvalue weighted by Gasteiger charge is 2.15. The number of aromatic nitrogens is 2. The molecule has 0 saturated carbocycles. The van der Waals surface area contributed by atoms with Crippen LogP contribution in [0.4, 0.5) is 10.3 Å². The Morgan fingerprint density at radius 3 is 3.00 bits per heavy atom. The van der Waals surface area contributed by atoms with E-state index in [0.29, 0.717) is 22.3 Å². The summed E-state index contributed by atoms with van der Waals surface area (Å²) in [7, 11) is 0. The van der Waals surface area contributed by atoms with Gasteiger partial charge in [0.15, 0.2) is 17.2 Å². The van der Waals surface area contributed by atoms with Crippen molar-refractivity contribution < 1.29 is 8.81 Å². The number of rotatable bonds is 4. The number of fused-ring (bicyclic) bond motifs is 1. The lowest BCUT2D eigenvalue weighted by atomic mass is 10.2. The lowest BCUT2D eigenvalue weighted by Crippen LogP contribution is -2.05. The highest BCUT2D eigenvalue weighted by Crippen LogP contribution is 2.32. The number of anilines is 1. The second kappa shape index (κ2) is 5.69. The minimum atomic E-state index is -0.535. The summed E-state index contributed by atoms with van der Waals surface area (Å²) in [5.74, 6) is 0.171. The summed E-state index contributed by atoms with van der Waals surface area (Å²) < 4.78 is 19.6. The summed E-state index contributed by atoms with van der Waals surface area (Å²) in [6.45, 7) is 2.75.